The summed E-state index contributed by atoms with van der Waals surface area (Å²) in [5.41, 5.74) is 2.40. The van der Waals surface area contributed by atoms with Crippen LogP contribution in [0.15, 0.2) is 53.6 Å². The van der Waals surface area contributed by atoms with E-state index in [1.54, 1.807) is 24.1 Å². The number of hydrogen-bond donors (Lipinski definition) is 1. The first kappa shape index (κ1) is 20.9. The Labute approximate surface area is 184 Å². The Morgan fingerprint density at radius 2 is 1.90 bits per heavy atom. The molecular weight excluding hydrogens is 416 g/mol. The van der Waals surface area contributed by atoms with Crippen LogP contribution in [-0.4, -0.2) is 41.6 Å². The molecule has 0 aromatic heterocycles. The largest absolute Gasteiger partial charge is 0.497 e. The van der Waals surface area contributed by atoms with Crippen molar-refractivity contribution in [2.75, 3.05) is 18.6 Å². The van der Waals surface area contributed by atoms with Gasteiger partial charge in [0.15, 0.2) is 5.17 Å². The number of methoxy groups -OCH3 is 1. The van der Waals surface area contributed by atoms with Gasteiger partial charge in [-0.05, 0) is 41.9 Å². The summed E-state index contributed by atoms with van der Waals surface area (Å²) in [4.78, 5) is 38.2. The van der Waals surface area contributed by atoms with Crippen LogP contribution in [0.5, 0.6) is 5.75 Å². The van der Waals surface area contributed by atoms with Crippen molar-refractivity contribution >= 4 is 40.3 Å². The number of amidine groups is 1. The van der Waals surface area contributed by atoms with Crippen molar-refractivity contribution in [2.24, 2.45) is 5.10 Å². The Hall–Kier alpha value is -3.33. The second-order valence-electron chi connectivity index (χ2n) is 7.24. The molecule has 2 aromatic rings. The number of carbonyl (C=O) groups is 3. The number of nitrogens with zero attached hydrogens (tertiary/aromatic N) is 3. The lowest BCUT2D eigenvalue weighted by molar-refractivity contribution is -0.139. The van der Waals surface area contributed by atoms with E-state index in [4.69, 9.17) is 4.74 Å². The van der Waals surface area contributed by atoms with Gasteiger partial charge in [-0.25, -0.2) is 0 Å². The van der Waals surface area contributed by atoms with Gasteiger partial charge in [0.2, 0.25) is 16.7 Å². The number of carbonyl (C=O) groups excluding carboxylic acids is 3. The van der Waals surface area contributed by atoms with E-state index < -0.39 is 10.8 Å². The van der Waals surface area contributed by atoms with Crippen LogP contribution in [0.4, 0.5) is 5.69 Å². The molecule has 8 nitrogen and oxygen atoms in total. The molecule has 160 valence electrons. The lowest BCUT2D eigenvalue weighted by Gasteiger charge is -2.29. The van der Waals surface area contributed by atoms with E-state index >= 15 is 0 Å². The molecular formula is C22H22N4O4S. The number of thioether (sulfide) groups is 1. The highest BCUT2D eigenvalue weighted by Gasteiger charge is 2.61. The van der Waals surface area contributed by atoms with Crippen LogP contribution < -0.4 is 15.0 Å². The second-order valence-corrected chi connectivity index (χ2v) is 8.42. The van der Waals surface area contributed by atoms with Gasteiger partial charge in [0.05, 0.1) is 12.8 Å². The maximum absolute atomic E-state index is 13.8. The molecule has 4 rings (SSSR count). The zero-order valence-electron chi connectivity index (χ0n) is 17.4. The number of hydrogen-bond acceptors (Lipinski definition) is 6. The molecule has 0 unspecified atom stereocenters. The van der Waals surface area contributed by atoms with Gasteiger partial charge in [0.25, 0.3) is 5.91 Å². The van der Waals surface area contributed by atoms with Gasteiger partial charge in [-0.3, -0.25) is 14.4 Å². The van der Waals surface area contributed by atoms with Crippen LogP contribution in [0.2, 0.25) is 0 Å². The number of nitrogens with one attached hydrogen (secondary N) is 1. The fourth-order valence-corrected chi connectivity index (χ4v) is 5.15. The first-order valence-electron chi connectivity index (χ1n) is 9.77. The van der Waals surface area contributed by atoms with Crippen LogP contribution in [-0.2, 0) is 25.7 Å². The number of fused-ring (bicyclic) bond motifs is 2. The van der Waals surface area contributed by atoms with Crippen LogP contribution in [0.3, 0.4) is 0 Å². The molecule has 31 heavy (non-hydrogen) atoms. The Kier molecular flexibility index (Phi) is 5.45. The first-order valence-corrected chi connectivity index (χ1v) is 10.6. The lowest BCUT2D eigenvalue weighted by atomic mass is 10.1. The van der Waals surface area contributed by atoms with Gasteiger partial charge in [0.1, 0.15) is 5.75 Å². The smallest absolute Gasteiger partial charge is 0.270 e. The van der Waals surface area contributed by atoms with E-state index in [9.17, 15) is 14.4 Å². The third-order valence-corrected chi connectivity index (χ3v) is 6.42. The van der Waals surface area contributed by atoms with Crippen molar-refractivity contribution in [3.63, 3.8) is 0 Å². The molecule has 1 spiro atoms. The number of benzene rings is 2. The Balaban J connectivity index is 1.77. The highest BCUT2D eigenvalue weighted by molar-refractivity contribution is 8.15. The summed E-state index contributed by atoms with van der Waals surface area (Å²) < 4.78 is 5.38. The number of hydrazone groups is 1. The van der Waals surface area contributed by atoms with Crippen molar-refractivity contribution in [1.29, 1.82) is 0 Å². The van der Waals surface area contributed by atoms with Gasteiger partial charge in [-0.15, -0.1) is 5.10 Å². The third kappa shape index (κ3) is 3.54. The highest BCUT2D eigenvalue weighted by atomic mass is 32.2. The van der Waals surface area contributed by atoms with E-state index in [-0.39, 0.29) is 17.0 Å². The van der Waals surface area contributed by atoms with Gasteiger partial charge in [0, 0.05) is 26.0 Å². The van der Waals surface area contributed by atoms with Crippen molar-refractivity contribution in [3.05, 3.63) is 59.7 Å². The molecule has 2 aromatic carbocycles. The van der Waals surface area contributed by atoms with E-state index in [0.29, 0.717) is 30.0 Å². The van der Waals surface area contributed by atoms with E-state index in [1.807, 2.05) is 36.4 Å². The predicted molar refractivity (Wildman–Crippen MR) is 119 cm³/mol. The van der Waals surface area contributed by atoms with Gasteiger partial charge in [-0.1, -0.05) is 30.3 Å². The average molecular weight is 439 g/mol. The molecule has 2 aliphatic heterocycles. The van der Waals surface area contributed by atoms with Crippen LogP contribution in [0, 0.1) is 0 Å². The number of amides is 3. The van der Waals surface area contributed by atoms with Crippen molar-refractivity contribution in [1.82, 2.24) is 10.3 Å². The fourth-order valence-electron chi connectivity index (χ4n) is 3.83. The molecule has 9 heteroatoms. The van der Waals surface area contributed by atoms with Gasteiger partial charge >= 0.3 is 0 Å². The lowest BCUT2D eigenvalue weighted by Crippen LogP contribution is -2.48. The Bertz CT molecular complexity index is 1090. The Morgan fingerprint density at radius 1 is 1.16 bits per heavy atom. The molecule has 0 saturated heterocycles. The number of anilines is 1. The topological polar surface area (TPSA) is 91.3 Å². The molecule has 0 radical (unpaired) electrons. The summed E-state index contributed by atoms with van der Waals surface area (Å²) in [5.74, 6) is -0.451. The zero-order chi connectivity index (χ0) is 22.2. The SMILES string of the molecule is COc1ccc2c(c1)[C@]1(SC(NC(C)=O)=NN1C(C)=O)C(=O)N2CCc1ccccc1. The van der Waals surface area contributed by atoms with E-state index in [2.05, 4.69) is 10.4 Å². The number of ether oxygens (including phenoxy) is 1. The minimum Gasteiger partial charge on any atom is -0.497 e. The van der Waals surface area contributed by atoms with Crippen molar-refractivity contribution < 1.29 is 19.1 Å². The van der Waals surface area contributed by atoms with Gasteiger partial charge in [-0.2, -0.15) is 5.01 Å². The number of rotatable bonds is 4. The molecule has 2 aliphatic rings. The third-order valence-electron chi connectivity index (χ3n) is 5.18. The fraction of sp³-hybridized carbons (Fsp3) is 0.273. The Morgan fingerprint density at radius 3 is 2.55 bits per heavy atom. The van der Waals surface area contributed by atoms with Crippen LogP contribution in [0.1, 0.15) is 25.0 Å². The molecule has 0 saturated carbocycles. The van der Waals surface area contributed by atoms with Crippen molar-refractivity contribution in [3.8, 4) is 5.75 Å². The summed E-state index contributed by atoms with van der Waals surface area (Å²) in [6.07, 6.45) is 0.651. The summed E-state index contributed by atoms with van der Waals surface area (Å²) in [7, 11) is 1.54. The zero-order valence-corrected chi connectivity index (χ0v) is 18.2. The molecule has 2 heterocycles. The summed E-state index contributed by atoms with van der Waals surface area (Å²) in [6, 6.07) is 15.2. The average Bonchev–Trinajstić information content (AvgIpc) is 3.24. The van der Waals surface area contributed by atoms with Crippen LogP contribution >= 0.6 is 11.8 Å². The maximum atomic E-state index is 13.8. The normalized spacial score (nSPS) is 19.5. The maximum Gasteiger partial charge on any atom is 0.270 e. The summed E-state index contributed by atoms with van der Waals surface area (Å²) in [6.45, 7) is 3.14. The van der Waals surface area contributed by atoms with E-state index in [0.717, 1.165) is 22.3 Å². The minimum absolute atomic E-state index is 0.203. The predicted octanol–water partition coefficient (Wildman–Crippen LogP) is 2.44. The molecule has 1 N–H and O–H groups in total. The highest BCUT2D eigenvalue weighted by Crippen LogP contribution is 2.55. The first-order chi connectivity index (χ1) is 14.9. The molecule has 3 amide bonds. The quantitative estimate of drug-likeness (QED) is 0.792. The van der Waals surface area contributed by atoms with E-state index in [1.165, 1.54) is 13.8 Å². The molecule has 0 aliphatic carbocycles. The van der Waals surface area contributed by atoms with Crippen molar-refractivity contribution in [2.45, 2.75) is 25.1 Å². The summed E-state index contributed by atoms with van der Waals surface area (Å²) >= 11 is 1.06. The van der Waals surface area contributed by atoms with Crippen LogP contribution in [0.25, 0.3) is 0 Å². The van der Waals surface area contributed by atoms with Gasteiger partial charge < -0.3 is 15.0 Å². The monoisotopic (exact) mass is 438 g/mol. The standard InChI is InChI=1S/C22H22N4O4S/c1-14(27)23-21-24-26(15(2)28)22(31-21)18-13-17(30-3)9-10-19(18)25(20(22)29)12-11-16-7-5-4-6-8-16/h4-10,13H,11-12H2,1-3H3,(H,23,24,27)/t22-/m0/s1. The molecule has 0 fully saturated rings. The molecule has 0 bridgehead atoms. The second kappa shape index (κ2) is 8.07. The minimum atomic E-state index is -1.43. The summed E-state index contributed by atoms with van der Waals surface area (Å²) in [5, 5.41) is 8.23. The molecule has 1 atom stereocenters.